The molecule has 3 aliphatic carbocycles. The van der Waals surface area contributed by atoms with E-state index >= 15 is 0 Å². The first-order chi connectivity index (χ1) is 45.2. The van der Waals surface area contributed by atoms with E-state index in [-0.39, 0.29) is 107 Å². The molecule has 3 saturated carbocycles. The zero-order valence-corrected chi connectivity index (χ0v) is 60.2. The van der Waals surface area contributed by atoms with Crippen LogP contribution in [0.1, 0.15) is 170 Å². The van der Waals surface area contributed by atoms with Crippen molar-refractivity contribution in [2.75, 3.05) is 98.7 Å². The number of aliphatic hydroxyl groups excluding tert-OH is 6. The van der Waals surface area contributed by atoms with E-state index in [4.69, 9.17) is 48.5 Å². The Morgan fingerprint density at radius 1 is 0.521 bits per heavy atom. The van der Waals surface area contributed by atoms with E-state index in [1.807, 2.05) is 92.6 Å². The van der Waals surface area contributed by atoms with Crippen molar-refractivity contribution in [1.82, 2.24) is 30.2 Å². The highest BCUT2D eigenvalue weighted by Crippen LogP contribution is 2.43. The number of rotatable bonds is 30. The summed E-state index contributed by atoms with van der Waals surface area (Å²) in [5.74, 6) is 1.69. The van der Waals surface area contributed by atoms with Crippen molar-refractivity contribution in [3.63, 3.8) is 0 Å². The van der Waals surface area contributed by atoms with Gasteiger partial charge in [-0.15, -0.1) is 0 Å². The van der Waals surface area contributed by atoms with Crippen molar-refractivity contribution >= 4 is 71.6 Å². The minimum atomic E-state index is -0.760. The lowest BCUT2D eigenvalue weighted by atomic mass is 10.0. The van der Waals surface area contributed by atoms with Crippen molar-refractivity contribution in [2.45, 2.75) is 199 Å². The van der Waals surface area contributed by atoms with Crippen molar-refractivity contribution in [3.8, 4) is 17.2 Å². The van der Waals surface area contributed by atoms with E-state index in [1.54, 1.807) is 0 Å². The van der Waals surface area contributed by atoms with E-state index < -0.39 is 30.0 Å². The van der Waals surface area contributed by atoms with Gasteiger partial charge >= 0.3 is 6.09 Å². The number of carbonyl (C=O) groups excluding carboxylic acids is 4. The van der Waals surface area contributed by atoms with Gasteiger partial charge in [-0.2, -0.15) is 0 Å². The number of unbranched alkanes of at least 4 members (excludes halogenated alkanes) is 3. The number of halogens is 3. The van der Waals surface area contributed by atoms with Gasteiger partial charge in [0.15, 0.2) is 6.10 Å². The van der Waals surface area contributed by atoms with E-state index in [1.165, 1.54) is 4.90 Å². The monoisotopic (exact) mass is 1510 g/mol. The van der Waals surface area contributed by atoms with Gasteiger partial charge < -0.3 is 94.0 Å². The number of hydrogen-bond donors (Lipinski definition) is 8. The predicted molar refractivity (Wildman–Crippen MR) is 363 cm³/mol. The summed E-state index contributed by atoms with van der Waals surface area (Å²) in [6.45, 7) is 17.2. The van der Waals surface area contributed by atoms with Crippen molar-refractivity contribution < 1.29 is 83.0 Å². The first kappa shape index (κ1) is 77.1. The minimum absolute atomic E-state index is 0.0278. The molecular weight excluding hydrogens is 1410 g/mol. The third kappa shape index (κ3) is 22.4. The van der Waals surface area contributed by atoms with E-state index in [0.717, 1.165) is 90.1 Å². The van der Waals surface area contributed by atoms with Gasteiger partial charge in [0.2, 0.25) is 0 Å². The van der Waals surface area contributed by atoms with Crippen LogP contribution in [0.2, 0.25) is 0 Å². The second kappa shape index (κ2) is 38.2. The summed E-state index contributed by atoms with van der Waals surface area (Å²) in [5, 5.41) is 62.8. The number of benzene rings is 3. The summed E-state index contributed by atoms with van der Waals surface area (Å²) in [6, 6.07) is 11.6. The van der Waals surface area contributed by atoms with Crippen LogP contribution in [0.5, 0.6) is 17.2 Å². The molecule has 9 rings (SSSR count). The Morgan fingerprint density at radius 3 is 1.14 bits per heavy atom. The van der Waals surface area contributed by atoms with E-state index in [9.17, 15) is 34.5 Å². The summed E-state index contributed by atoms with van der Waals surface area (Å²) in [6.07, 6.45) is 7.92. The van der Waals surface area contributed by atoms with E-state index in [2.05, 4.69) is 58.4 Å². The normalized spacial score (nSPS) is 19.9. The van der Waals surface area contributed by atoms with Crippen LogP contribution in [-0.4, -0.2) is 215 Å². The summed E-state index contributed by atoms with van der Waals surface area (Å²) >= 11 is 10.6. The highest BCUT2D eigenvalue weighted by atomic mass is 79.9. The molecule has 3 saturated heterocycles. The molecule has 6 atom stereocenters. The van der Waals surface area contributed by atoms with Gasteiger partial charge in [0, 0.05) is 101 Å². The Hall–Kier alpha value is -4.26. The average Bonchev–Trinajstić information content (AvgIpc) is 1.56. The topological polar surface area (TPSA) is 291 Å². The minimum Gasteiger partial charge on any atom is -0.493 e. The average molecular weight is 1510 g/mol. The van der Waals surface area contributed by atoms with Crippen LogP contribution in [0.15, 0.2) is 49.8 Å². The molecule has 3 aliphatic heterocycles. The first-order valence-corrected chi connectivity index (χ1v) is 35.8. The zero-order valence-electron chi connectivity index (χ0n) is 55.5. The molecule has 3 heterocycles. The van der Waals surface area contributed by atoms with Gasteiger partial charge in [-0.1, -0.05) is 47.8 Å². The van der Waals surface area contributed by atoms with Crippen LogP contribution in [0.4, 0.5) is 4.79 Å². The van der Waals surface area contributed by atoms with Crippen molar-refractivity contribution in [3.05, 3.63) is 83.2 Å². The molecule has 0 radical (unpaired) electrons. The van der Waals surface area contributed by atoms with Gasteiger partial charge in [-0.05, 0) is 172 Å². The molecule has 6 fully saturated rings. The number of aliphatic hydroxyl groups is 6. The van der Waals surface area contributed by atoms with Gasteiger partial charge in [-0.25, -0.2) is 4.79 Å². The van der Waals surface area contributed by atoms with Crippen LogP contribution >= 0.6 is 47.8 Å². The lowest BCUT2D eigenvalue weighted by Gasteiger charge is -2.38. The maximum Gasteiger partial charge on any atom is 0.410 e. The second-order valence-corrected chi connectivity index (χ2v) is 28.2. The van der Waals surface area contributed by atoms with E-state index in [0.29, 0.717) is 117 Å². The molecule has 0 aromatic heterocycles. The molecule has 3 aromatic carbocycles. The maximum absolute atomic E-state index is 13.7. The number of carbonyl (C=O) groups is 4. The molecule has 8 N–H and O–H groups in total. The van der Waals surface area contributed by atoms with Crippen LogP contribution in [0.3, 0.4) is 0 Å². The van der Waals surface area contributed by atoms with Crippen molar-refractivity contribution in [1.29, 1.82) is 0 Å². The van der Waals surface area contributed by atoms with Gasteiger partial charge in [-0.3, -0.25) is 14.4 Å². The highest BCUT2D eigenvalue weighted by Gasteiger charge is 2.44. The van der Waals surface area contributed by atoms with Gasteiger partial charge in [0.25, 0.3) is 17.7 Å². The number of hydrogen-bond acceptors (Lipinski definition) is 19. The molecule has 526 valence electrons. The Balaban J connectivity index is 0.000000201. The van der Waals surface area contributed by atoms with Crippen LogP contribution in [0.25, 0.3) is 0 Å². The smallest absolute Gasteiger partial charge is 0.410 e. The fraction of sp³-hybridized carbons (Fsp3) is 0.676. The summed E-state index contributed by atoms with van der Waals surface area (Å²) in [5.41, 5.74) is 4.18. The SMILES string of the molecule is CC(c1cc(Br)c(CO)c(OCCCCO)c1)N(C(=O)[C@H]1CN(C(=O)OC(C)(C)C)CCO1)C1CC1.C[C@@H](c1cc(Br)c(CO)c(OCCCCO)c1)N(C(=O)[C@H]1CNCCO1)C1CC1.C[C@H](c1cc(Br)c(CO)c(OCCCCO)c1)N(C(=O)[C@H]1CNCCO1)C1CC1. The summed E-state index contributed by atoms with van der Waals surface area (Å²) < 4.78 is 42.7. The quantitative estimate of drug-likeness (QED) is 0.0293. The van der Waals surface area contributed by atoms with Crippen LogP contribution < -0.4 is 24.8 Å². The predicted octanol–water partition coefficient (Wildman–Crippen LogP) is 8.05. The van der Waals surface area contributed by atoms with Gasteiger partial charge in [0.05, 0.1) is 84.1 Å². The summed E-state index contributed by atoms with van der Waals surface area (Å²) in [7, 11) is 0. The zero-order chi connectivity index (χ0) is 68.1. The van der Waals surface area contributed by atoms with Crippen LogP contribution in [0, 0.1) is 0 Å². The molecule has 4 amide bonds. The molecule has 0 bridgehead atoms. The molecule has 0 spiro atoms. The van der Waals surface area contributed by atoms with Crippen LogP contribution in [-0.2, 0) is 53.2 Å². The highest BCUT2D eigenvalue weighted by molar-refractivity contribution is 9.11. The third-order valence-electron chi connectivity index (χ3n) is 17.1. The fourth-order valence-electron chi connectivity index (χ4n) is 11.5. The molecule has 1 unspecified atom stereocenters. The Kier molecular flexibility index (Phi) is 31.3. The number of nitrogens with one attached hydrogen (secondary N) is 2. The standard InChI is InChI=1S/C26H39BrN2O7.2C21H31BrN2O5/c1-17(18-13-21(27)20(16-31)22(14-18)34-11-6-5-10-30)29(19-7-8-19)24(32)23-15-28(9-12-35-23)25(33)36-26(2,3)4;2*1-14(24(16-4-5-16)21(27)20-12-23-6-9-29-20)15-10-18(22)17(13-26)19(11-15)28-8-3-2-7-25/h13-14,17,19,23,30-31H,5-12,15-16H2,1-4H3;2*10-11,14,16,20,23,25-26H,2-9,12-13H2,1H3/t17?,23-;14-,20+;14-,20-/m101/s1. The number of amides is 4. The Labute approximate surface area is 579 Å². The number of morpholine rings is 3. The molecule has 23 nitrogen and oxygen atoms in total. The molecule has 26 heteroatoms. The van der Waals surface area contributed by atoms with Crippen molar-refractivity contribution in [2.24, 2.45) is 0 Å². The molecule has 3 aromatic rings. The fourth-order valence-corrected chi connectivity index (χ4v) is 13.2. The molecule has 6 aliphatic rings. The Bertz CT molecular complexity index is 2790. The summed E-state index contributed by atoms with van der Waals surface area (Å²) in [4.78, 5) is 60.0. The molecule has 94 heavy (non-hydrogen) atoms. The third-order valence-corrected chi connectivity index (χ3v) is 19.2. The molecular formula is C68H101Br3N6O17. The maximum atomic E-state index is 13.7. The number of nitrogens with zero attached hydrogens (tertiary/aromatic N) is 4. The Morgan fingerprint density at radius 2 is 0.851 bits per heavy atom. The largest absolute Gasteiger partial charge is 0.493 e. The lowest BCUT2D eigenvalue weighted by Crippen LogP contribution is -2.54. The second-order valence-electron chi connectivity index (χ2n) is 25.6. The lowest BCUT2D eigenvalue weighted by molar-refractivity contribution is -0.152. The first-order valence-electron chi connectivity index (χ1n) is 33.4. The van der Waals surface area contributed by atoms with Gasteiger partial charge in [0.1, 0.15) is 35.1 Å². The number of ether oxygens (including phenoxy) is 7.